The summed E-state index contributed by atoms with van der Waals surface area (Å²) in [6.07, 6.45) is 3.08. The summed E-state index contributed by atoms with van der Waals surface area (Å²) in [5.41, 5.74) is 3.69. The first-order chi connectivity index (χ1) is 13.3. The van der Waals surface area contributed by atoms with Gasteiger partial charge in [0.25, 0.3) is 0 Å². The number of amides is 1. The highest BCUT2D eigenvalue weighted by atomic mass is 32.1. The van der Waals surface area contributed by atoms with Gasteiger partial charge in [0.2, 0.25) is 5.91 Å². The average molecular weight is 378 g/mol. The molecule has 1 saturated heterocycles. The quantitative estimate of drug-likeness (QED) is 0.690. The van der Waals surface area contributed by atoms with Crippen LogP contribution in [0.25, 0.3) is 10.2 Å². The minimum Gasteiger partial charge on any atom is -0.362 e. The van der Waals surface area contributed by atoms with E-state index in [-0.39, 0.29) is 5.91 Å². The number of aromatic nitrogens is 1. The second-order valence-corrected chi connectivity index (χ2v) is 8.54. The van der Waals surface area contributed by atoms with Crippen LogP contribution in [0.5, 0.6) is 0 Å². The fourth-order valence-corrected chi connectivity index (χ4v) is 5.41. The van der Waals surface area contributed by atoms with Crippen LogP contribution in [0.15, 0.2) is 48.5 Å². The van der Waals surface area contributed by atoms with Gasteiger partial charge in [-0.2, -0.15) is 0 Å². The van der Waals surface area contributed by atoms with Crippen molar-refractivity contribution in [3.63, 3.8) is 0 Å². The van der Waals surface area contributed by atoms with E-state index in [0.29, 0.717) is 12.5 Å². The first-order valence-corrected chi connectivity index (χ1v) is 10.6. The Balaban J connectivity index is 1.21. The number of benzene rings is 2. The Hall–Kier alpha value is -2.40. The van der Waals surface area contributed by atoms with E-state index in [9.17, 15) is 4.79 Å². The number of hydrogen-bond acceptors (Lipinski definition) is 4. The Morgan fingerprint density at radius 2 is 1.81 bits per heavy atom. The van der Waals surface area contributed by atoms with Crippen LogP contribution < -0.4 is 4.90 Å². The van der Waals surface area contributed by atoms with Gasteiger partial charge in [0.1, 0.15) is 0 Å². The minimum atomic E-state index is 0.259. The van der Waals surface area contributed by atoms with Crippen LogP contribution in [0.2, 0.25) is 0 Å². The SMILES string of the molecule is O=C(CN1CCc2ccccc21)N1CCC(c2nc3ccccc3s2)CC1. The lowest BCUT2D eigenvalue weighted by molar-refractivity contribution is -0.130. The summed E-state index contributed by atoms with van der Waals surface area (Å²) < 4.78 is 1.26. The lowest BCUT2D eigenvalue weighted by atomic mass is 9.97. The Bertz CT molecular complexity index is 941. The van der Waals surface area contributed by atoms with Gasteiger partial charge in [0.15, 0.2) is 0 Å². The second kappa shape index (κ2) is 6.97. The summed E-state index contributed by atoms with van der Waals surface area (Å²) >= 11 is 1.81. The number of likely N-dealkylation sites (tertiary alicyclic amines) is 1. The van der Waals surface area contributed by atoms with E-state index in [1.165, 1.54) is 21.0 Å². The third-order valence-corrected chi connectivity index (χ3v) is 7.02. The smallest absolute Gasteiger partial charge is 0.242 e. The molecule has 0 atom stereocenters. The molecule has 138 valence electrons. The molecule has 1 fully saturated rings. The van der Waals surface area contributed by atoms with E-state index >= 15 is 0 Å². The summed E-state index contributed by atoms with van der Waals surface area (Å²) in [5.74, 6) is 0.744. The van der Waals surface area contributed by atoms with Crippen molar-refractivity contribution in [2.75, 3.05) is 31.1 Å². The van der Waals surface area contributed by atoms with Gasteiger partial charge in [-0.1, -0.05) is 30.3 Å². The van der Waals surface area contributed by atoms with E-state index in [0.717, 1.165) is 44.4 Å². The third kappa shape index (κ3) is 3.21. The van der Waals surface area contributed by atoms with Crippen molar-refractivity contribution < 1.29 is 4.79 Å². The predicted octanol–water partition coefficient (Wildman–Crippen LogP) is 4.07. The van der Waals surface area contributed by atoms with E-state index in [2.05, 4.69) is 47.4 Å². The van der Waals surface area contributed by atoms with Gasteiger partial charge < -0.3 is 9.80 Å². The van der Waals surface area contributed by atoms with Crippen molar-refractivity contribution in [3.8, 4) is 0 Å². The van der Waals surface area contributed by atoms with Gasteiger partial charge in [-0.15, -0.1) is 11.3 Å². The van der Waals surface area contributed by atoms with Crippen LogP contribution in [-0.2, 0) is 11.2 Å². The van der Waals surface area contributed by atoms with Crippen molar-refractivity contribution in [1.29, 1.82) is 0 Å². The molecule has 0 radical (unpaired) electrons. The Morgan fingerprint density at radius 3 is 2.67 bits per heavy atom. The van der Waals surface area contributed by atoms with Gasteiger partial charge >= 0.3 is 0 Å². The molecule has 0 spiro atoms. The molecule has 1 amide bonds. The number of anilines is 1. The highest BCUT2D eigenvalue weighted by molar-refractivity contribution is 7.18. The predicted molar refractivity (Wildman–Crippen MR) is 111 cm³/mol. The third-order valence-electron chi connectivity index (χ3n) is 5.82. The Morgan fingerprint density at radius 1 is 1.04 bits per heavy atom. The van der Waals surface area contributed by atoms with E-state index < -0.39 is 0 Å². The maximum absolute atomic E-state index is 12.8. The van der Waals surface area contributed by atoms with Crippen molar-refractivity contribution >= 4 is 33.1 Å². The summed E-state index contributed by atoms with van der Waals surface area (Å²) in [4.78, 5) is 21.9. The molecule has 2 aliphatic rings. The maximum Gasteiger partial charge on any atom is 0.242 e. The molecule has 5 rings (SSSR count). The van der Waals surface area contributed by atoms with Gasteiger partial charge in [-0.25, -0.2) is 4.98 Å². The fraction of sp³-hybridized carbons (Fsp3) is 0.364. The summed E-state index contributed by atoms with van der Waals surface area (Å²) in [6, 6.07) is 16.8. The summed E-state index contributed by atoms with van der Waals surface area (Å²) in [5, 5.41) is 1.23. The van der Waals surface area contributed by atoms with E-state index in [1.807, 2.05) is 22.3 Å². The van der Waals surface area contributed by atoms with Gasteiger partial charge in [-0.05, 0) is 43.0 Å². The fourth-order valence-electron chi connectivity index (χ4n) is 4.27. The molecule has 0 bridgehead atoms. The molecule has 27 heavy (non-hydrogen) atoms. The molecule has 4 nitrogen and oxygen atoms in total. The lowest BCUT2D eigenvalue weighted by Gasteiger charge is -2.32. The monoisotopic (exact) mass is 377 g/mol. The molecule has 0 unspecified atom stereocenters. The molecule has 0 N–H and O–H groups in total. The number of carbonyl (C=O) groups is 1. The molecule has 2 aliphatic heterocycles. The molecule has 2 aromatic carbocycles. The molecule has 3 heterocycles. The number of nitrogens with zero attached hydrogens (tertiary/aromatic N) is 3. The molecule has 3 aromatic rings. The maximum atomic E-state index is 12.8. The first kappa shape index (κ1) is 16.8. The highest BCUT2D eigenvalue weighted by Crippen LogP contribution is 2.34. The van der Waals surface area contributed by atoms with Crippen molar-refractivity contribution in [2.45, 2.75) is 25.2 Å². The van der Waals surface area contributed by atoms with Crippen molar-refractivity contribution in [2.24, 2.45) is 0 Å². The van der Waals surface area contributed by atoms with Crippen LogP contribution in [-0.4, -0.2) is 42.0 Å². The lowest BCUT2D eigenvalue weighted by Crippen LogP contribution is -2.43. The Labute approximate surface area is 163 Å². The first-order valence-electron chi connectivity index (χ1n) is 9.74. The standard InChI is InChI=1S/C22H23N3OS/c26-21(15-25-14-9-16-5-1-3-7-19(16)25)24-12-10-17(11-13-24)22-23-18-6-2-4-8-20(18)27-22/h1-8,17H,9-15H2. The van der Waals surface area contributed by atoms with Gasteiger partial charge in [0.05, 0.1) is 21.8 Å². The van der Waals surface area contributed by atoms with Crippen molar-refractivity contribution in [3.05, 3.63) is 59.1 Å². The van der Waals surface area contributed by atoms with Crippen molar-refractivity contribution in [1.82, 2.24) is 9.88 Å². The van der Waals surface area contributed by atoms with Crippen LogP contribution in [0.1, 0.15) is 29.3 Å². The zero-order chi connectivity index (χ0) is 18.2. The van der Waals surface area contributed by atoms with Crippen LogP contribution in [0, 0.1) is 0 Å². The molecular formula is C22H23N3OS. The summed E-state index contributed by atoms with van der Waals surface area (Å²) in [6.45, 7) is 3.14. The number of thiazole rings is 1. The normalized spacial score (nSPS) is 17.5. The number of fused-ring (bicyclic) bond motifs is 2. The summed E-state index contributed by atoms with van der Waals surface area (Å²) in [7, 11) is 0. The molecule has 5 heteroatoms. The number of piperidine rings is 1. The number of rotatable bonds is 3. The average Bonchev–Trinajstić information content (AvgIpc) is 3.32. The van der Waals surface area contributed by atoms with Crippen LogP contribution in [0.4, 0.5) is 5.69 Å². The molecule has 0 aliphatic carbocycles. The topological polar surface area (TPSA) is 36.4 Å². The second-order valence-electron chi connectivity index (χ2n) is 7.48. The van der Waals surface area contributed by atoms with Crippen LogP contribution >= 0.6 is 11.3 Å². The number of hydrogen-bond donors (Lipinski definition) is 0. The molecule has 0 saturated carbocycles. The van der Waals surface area contributed by atoms with Gasteiger partial charge in [0, 0.05) is 31.2 Å². The zero-order valence-electron chi connectivity index (χ0n) is 15.3. The number of carbonyl (C=O) groups excluding carboxylic acids is 1. The minimum absolute atomic E-state index is 0.259. The van der Waals surface area contributed by atoms with E-state index in [4.69, 9.17) is 4.98 Å². The van der Waals surface area contributed by atoms with Crippen LogP contribution in [0.3, 0.4) is 0 Å². The number of para-hydroxylation sites is 2. The molecule has 1 aromatic heterocycles. The Kier molecular flexibility index (Phi) is 4.32. The van der Waals surface area contributed by atoms with E-state index in [1.54, 1.807) is 0 Å². The zero-order valence-corrected chi connectivity index (χ0v) is 16.1. The molecular weight excluding hydrogens is 354 g/mol. The van der Waals surface area contributed by atoms with Gasteiger partial charge in [-0.3, -0.25) is 4.79 Å². The largest absolute Gasteiger partial charge is 0.362 e. The highest BCUT2D eigenvalue weighted by Gasteiger charge is 2.28.